The molecule has 5 rings (SSSR count). The molecular formula is C26H16F3N5O6. The van der Waals surface area contributed by atoms with Crippen molar-refractivity contribution in [2.24, 2.45) is 0 Å². The fourth-order valence-corrected chi connectivity index (χ4v) is 4.55. The third-order valence-electron chi connectivity index (χ3n) is 5.99. The summed E-state index contributed by atoms with van der Waals surface area (Å²) in [6.07, 6.45) is -5.05. The summed E-state index contributed by atoms with van der Waals surface area (Å²) in [5.74, 6) is -4.96. The van der Waals surface area contributed by atoms with E-state index in [1.165, 1.54) is 43.3 Å². The quantitative estimate of drug-likeness (QED) is 0.387. The number of ether oxygens (including phenoxy) is 2. The molecule has 3 heterocycles. The van der Waals surface area contributed by atoms with Crippen LogP contribution in [0, 0.1) is 11.3 Å². The normalized spacial score (nSPS) is 18.5. The molecule has 11 nitrogen and oxygen atoms in total. The zero-order valence-corrected chi connectivity index (χ0v) is 20.4. The molecule has 40 heavy (non-hydrogen) atoms. The number of fused-ring (bicyclic) bond motifs is 2. The lowest BCUT2D eigenvalue weighted by Gasteiger charge is -2.40. The molecule has 0 bridgehead atoms. The lowest BCUT2D eigenvalue weighted by Crippen LogP contribution is -2.59. The van der Waals surface area contributed by atoms with E-state index in [0.29, 0.717) is 4.57 Å². The number of urea groups is 1. The van der Waals surface area contributed by atoms with Crippen molar-refractivity contribution < 1.29 is 37.0 Å². The predicted molar refractivity (Wildman–Crippen MR) is 130 cm³/mol. The van der Waals surface area contributed by atoms with Crippen LogP contribution >= 0.6 is 0 Å². The van der Waals surface area contributed by atoms with E-state index >= 15 is 0 Å². The first kappa shape index (κ1) is 26.2. The second-order valence-corrected chi connectivity index (χ2v) is 8.53. The maximum atomic E-state index is 13.7. The predicted octanol–water partition coefficient (Wildman–Crippen LogP) is 3.02. The van der Waals surface area contributed by atoms with Crippen LogP contribution in [0.2, 0.25) is 0 Å². The monoisotopic (exact) mass is 551 g/mol. The zero-order valence-electron chi connectivity index (χ0n) is 20.4. The van der Waals surface area contributed by atoms with Gasteiger partial charge in [-0.15, -0.1) is 0 Å². The number of alkyl halides is 3. The number of carbonyl (C=O) groups is 3. The maximum absolute atomic E-state index is 13.7. The standard InChI is InChI=1S/C26H16F3N5O6/c1-14(35)39-17-9-7-16(8-10-17)33-24(38)31-13-21(37)40-26(33)22(15-5-3-2-4-6-15)18(12-30)23-32-19(25(27,28)29)11-20(36)34(23)26/h2-11H,13H2,1H3,(H,31,38). The number of benzene rings is 2. The van der Waals surface area contributed by atoms with E-state index < -0.39 is 59.2 Å². The number of halogens is 3. The number of carbonyl (C=O) groups excluding carboxylic acids is 3. The molecule has 1 aromatic heterocycles. The molecule has 1 fully saturated rings. The molecule has 2 aliphatic rings. The number of amides is 2. The number of hydrogen-bond acceptors (Lipinski definition) is 8. The fraction of sp³-hybridized carbons (Fsp3) is 0.154. The van der Waals surface area contributed by atoms with E-state index in [9.17, 15) is 37.6 Å². The van der Waals surface area contributed by atoms with Crippen LogP contribution in [0.25, 0.3) is 11.1 Å². The molecule has 2 amide bonds. The summed E-state index contributed by atoms with van der Waals surface area (Å²) in [4.78, 5) is 55.7. The van der Waals surface area contributed by atoms with Gasteiger partial charge in [-0.3, -0.25) is 14.4 Å². The Morgan fingerprint density at radius 2 is 1.80 bits per heavy atom. The molecule has 0 radical (unpaired) electrons. The van der Waals surface area contributed by atoms with E-state index in [4.69, 9.17) is 9.47 Å². The first-order valence-corrected chi connectivity index (χ1v) is 11.5. The minimum Gasteiger partial charge on any atom is -0.427 e. The number of nitrogens with one attached hydrogen (secondary N) is 1. The Morgan fingerprint density at radius 1 is 1.12 bits per heavy atom. The molecule has 3 aromatic rings. The van der Waals surface area contributed by atoms with Crippen LogP contribution in [0.5, 0.6) is 5.75 Å². The molecule has 0 aliphatic carbocycles. The van der Waals surface area contributed by atoms with Crippen molar-refractivity contribution in [2.75, 3.05) is 11.4 Å². The number of nitriles is 1. The number of esters is 2. The minimum atomic E-state index is -5.05. The first-order chi connectivity index (χ1) is 19.0. The molecule has 0 saturated carbocycles. The molecule has 1 N–H and O–H groups in total. The molecule has 1 saturated heterocycles. The van der Waals surface area contributed by atoms with Gasteiger partial charge in [0.1, 0.15) is 23.9 Å². The Morgan fingerprint density at radius 3 is 2.40 bits per heavy atom. The summed E-state index contributed by atoms with van der Waals surface area (Å²) in [7, 11) is 0. The number of anilines is 1. The lowest BCUT2D eigenvalue weighted by molar-refractivity contribution is -0.159. The van der Waals surface area contributed by atoms with Crippen LogP contribution in [0.1, 0.15) is 24.0 Å². The summed E-state index contributed by atoms with van der Waals surface area (Å²) in [6, 6.07) is 13.8. The first-order valence-electron chi connectivity index (χ1n) is 11.5. The lowest BCUT2D eigenvalue weighted by atomic mass is 9.96. The van der Waals surface area contributed by atoms with Crippen molar-refractivity contribution in [1.82, 2.24) is 14.9 Å². The van der Waals surface area contributed by atoms with Crippen molar-refractivity contribution in [3.05, 3.63) is 88.1 Å². The summed E-state index contributed by atoms with van der Waals surface area (Å²) >= 11 is 0. The van der Waals surface area contributed by atoms with Gasteiger partial charge in [0.2, 0.25) is 0 Å². The second kappa shape index (κ2) is 9.38. The largest absolute Gasteiger partial charge is 0.433 e. The van der Waals surface area contributed by atoms with E-state index in [1.54, 1.807) is 24.3 Å². The second-order valence-electron chi connectivity index (χ2n) is 8.53. The molecule has 1 spiro atoms. The molecule has 202 valence electrons. The van der Waals surface area contributed by atoms with Gasteiger partial charge in [0, 0.05) is 13.0 Å². The van der Waals surface area contributed by atoms with Crippen molar-refractivity contribution >= 4 is 34.8 Å². The number of rotatable bonds is 3. The van der Waals surface area contributed by atoms with Crippen LogP contribution in [0.15, 0.2) is 65.5 Å². The van der Waals surface area contributed by atoms with E-state index in [0.717, 1.165) is 4.90 Å². The van der Waals surface area contributed by atoms with Crippen LogP contribution in [-0.2, 0) is 26.4 Å². The van der Waals surface area contributed by atoms with Crippen molar-refractivity contribution in [2.45, 2.75) is 18.9 Å². The van der Waals surface area contributed by atoms with Crippen LogP contribution < -0.4 is 20.5 Å². The summed E-state index contributed by atoms with van der Waals surface area (Å²) in [5.41, 5.74) is -3.61. The minimum absolute atomic E-state index is 0.0338. The van der Waals surface area contributed by atoms with Gasteiger partial charge in [0.05, 0.1) is 11.3 Å². The number of allylic oxidation sites excluding steroid dienone is 1. The highest BCUT2D eigenvalue weighted by atomic mass is 19.4. The highest BCUT2D eigenvalue weighted by Crippen LogP contribution is 2.50. The zero-order chi connectivity index (χ0) is 28.8. The number of hydrogen-bond donors (Lipinski definition) is 1. The van der Waals surface area contributed by atoms with E-state index in [-0.39, 0.29) is 28.6 Å². The van der Waals surface area contributed by atoms with Crippen molar-refractivity contribution in [3.63, 3.8) is 0 Å². The molecule has 1 atom stereocenters. The van der Waals surface area contributed by atoms with Gasteiger partial charge in [-0.25, -0.2) is 19.2 Å². The summed E-state index contributed by atoms with van der Waals surface area (Å²) < 4.78 is 52.4. The Kier molecular flexibility index (Phi) is 6.14. The average molecular weight is 551 g/mol. The average Bonchev–Trinajstić information content (AvgIpc) is 3.10. The summed E-state index contributed by atoms with van der Waals surface area (Å²) in [6.45, 7) is 0.514. The Hall–Kier alpha value is -5.45. The highest BCUT2D eigenvalue weighted by molar-refractivity contribution is 6.08. The van der Waals surface area contributed by atoms with Gasteiger partial charge in [0.25, 0.3) is 5.56 Å². The molecule has 1 unspecified atom stereocenters. The number of aromatic nitrogens is 2. The molecule has 2 aromatic carbocycles. The van der Waals surface area contributed by atoms with Gasteiger partial charge >= 0.3 is 30.0 Å². The van der Waals surface area contributed by atoms with Gasteiger partial charge in [0.15, 0.2) is 11.5 Å². The maximum Gasteiger partial charge on any atom is 0.433 e. The Bertz CT molecular complexity index is 1690. The summed E-state index contributed by atoms with van der Waals surface area (Å²) in [5, 5.41) is 12.5. The van der Waals surface area contributed by atoms with Gasteiger partial charge in [-0.05, 0) is 29.8 Å². The SMILES string of the molecule is CC(=O)Oc1ccc(N2C(=O)NCC(=O)OC23C(c2ccccc2)=C(C#N)c2nc(C(F)(F)F)cc(=O)n23)cc1. The van der Waals surface area contributed by atoms with Crippen molar-refractivity contribution in [1.29, 1.82) is 5.26 Å². The highest BCUT2D eigenvalue weighted by Gasteiger charge is 2.59. The van der Waals surface area contributed by atoms with Crippen LogP contribution in [-0.4, -0.2) is 34.1 Å². The topological polar surface area (TPSA) is 144 Å². The van der Waals surface area contributed by atoms with E-state index in [2.05, 4.69) is 10.3 Å². The molecule has 14 heteroatoms. The van der Waals surface area contributed by atoms with Crippen LogP contribution in [0.3, 0.4) is 0 Å². The third-order valence-corrected chi connectivity index (χ3v) is 5.99. The third kappa shape index (κ3) is 4.13. The smallest absolute Gasteiger partial charge is 0.427 e. The Labute approximate surface area is 222 Å². The van der Waals surface area contributed by atoms with E-state index in [1.807, 2.05) is 0 Å². The van der Waals surface area contributed by atoms with Gasteiger partial charge < -0.3 is 14.8 Å². The van der Waals surface area contributed by atoms with Gasteiger partial charge in [-0.1, -0.05) is 30.3 Å². The molecular weight excluding hydrogens is 535 g/mol. The fourth-order valence-electron chi connectivity index (χ4n) is 4.55. The molecule has 2 aliphatic heterocycles. The van der Waals surface area contributed by atoms with Crippen molar-refractivity contribution in [3.8, 4) is 11.8 Å². The van der Waals surface area contributed by atoms with Crippen LogP contribution in [0.4, 0.5) is 23.7 Å². The number of nitrogens with zero attached hydrogens (tertiary/aromatic N) is 4. The van der Waals surface area contributed by atoms with Gasteiger partial charge in [-0.2, -0.15) is 18.4 Å². The Balaban J connectivity index is 1.90.